The highest BCUT2D eigenvalue weighted by Crippen LogP contribution is 2.28. The van der Waals surface area contributed by atoms with Crippen molar-refractivity contribution < 1.29 is 19.4 Å². The van der Waals surface area contributed by atoms with E-state index < -0.39 is 5.91 Å². The van der Waals surface area contributed by atoms with Crippen LogP contribution in [0.4, 0.5) is 0 Å². The van der Waals surface area contributed by atoms with Crippen LogP contribution in [0.15, 0.2) is 18.2 Å². The lowest BCUT2D eigenvalue weighted by Gasteiger charge is -2.09. The first-order valence-corrected chi connectivity index (χ1v) is 5.51. The van der Waals surface area contributed by atoms with Crippen LogP contribution in [-0.2, 0) is 4.79 Å². The van der Waals surface area contributed by atoms with Crippen LogP contribution in [-0.4, -0.2) is 37.1 Å². The Morgan fingerprint density at radius 2 is 2.06 bits per heavy atom. The molecule has 0 aliphatic carbocycles. The number of para-hydroxylation sites is 1. The van der Waals surface area contributed by atoms with Gasteiger partial charge in [0, 0.05) is 6.54 Å². The lowest BCUT2D eigenvalue weighted by atomic mass is 10.1. The summed E-state index contributed by atoms with van der Waals surface area (Å²) >= 11 is 0. The number of likely N-dealkylation sites (N-methyl/N-ethyl adjacent to an activating group) is 1. The van der Waals surface area contributed by atoms with Crippen LogP contribution in [0.1, 0.15) is 17.3 Å². The number of nitrogens with one attached hydrogen (secondary N) is 2. The molecular weight excluding hydrogens is 236 g/mol. The number of carbonyl (C=O) groups excluding carboxylic acids is 2. The second-order valence-electron chi connectivity index (χ2n) is 3.49. The largest absolute Gasteiger partial charge is 0.504 e. The van der Waals surface area contributed by atoms with Gasteiger partial charge in [-0.05, 0) is 19.1 Å². The van der Waals surface area contributed by atoms with Gasteiger partial charge in [0.25, 0.3) is 5.91 Å². The predicted octanol–water partition coefficient (Wildman–Crippen LogP) is 0.267. The summed E-state index contributed by atoms with van der Waals surface area (Å²) in [5.41, 5.74) is 0.0682. The minimum absolute atomic E-state index is 0.0682. The van der Waals surface area contributed by atoms with E-state index in [0.29, 0.717) is 6.54 Å². The molecule has 0 fully saturated rings. The Morgan fingerprint density at radius 1 is 1.33 bits per heavy atom. The van der Waals surface area contributed by atoms with Crippen molar-refractivity contribution in [3.05, 3.63) is 23.8 Å². The zero-order valence-electron chi connectivity index (χ0n) is 10.3. The smallest absolute Gasteiger partial charge is 0.255 e. The third-order valence-electron chi connectivity index (χ3n) is 2.25. The van der Waals surface area contributed by atoms with Crippen molar-refractivity contribution in [3.63, 3.8) is 0 Å². The van der Waals surface area contributed by atoms with E-state index in [9.17, 15) is 14.7 Å². The van der Waals surface area contributed by atoms with Crippen molar-refractivity contribution in [2.75, 3.05) is 20.2 Å². The second kappa shape index (κ2) is 6.48. The zero-order valence-corrected chi connectivity index (χ0v) is 10.3. The number of hydrogen-bond donors (Lipinski definition) is 3. The number of rotatable bonds is 5. The van der Waals surface area contributed by atoms with Crippen molar-refractivity contribution in [2.24, 2.45) is 0 Å². The van der Waals surface area contributed by atoms with E-state index in [1.807, 2.05) is 0 Å². The zero-order chi connectivity index (χ0) is 13.5. The summed E-state index contributed by atoms with van der Waals surface area (Å²) < 4.78 is 4.89. The number of phenolic OH excluding ortho intramolecular Hbond substituents is 1. The quantitative estimate of drug-likeness (QED) is 0.701. The van der Waals surface area contributed by atoms with E-state index >= 15 is 0 Å². The summed E-state index contributed by atoms with van der Waals surface area (Å²) in [5.74, 6) is -0.847. The van der Waals surface area contributed by atoms with E-state index in [2.05, 4.69) is 10.6 Å². The van der Waals surface area contributed by atoms with Gasteiger partial charge >= 0.3 is 0 Å². The molecule has 6 nitrogen and oxygen atoms in total. The molecule has 0 spiro atoms. The van der Waals surface area contributed by atoms with Crippen LogP contribution in [0.25, 0.3) is 0 Å². The Balaban J connectivity index is 2.70. The van der Waals surface area contributed by atoms with E-state index in [4.69, 9.17) is 4.74 Å². The average molecular weight is 252 g/mol. The SMILES string of the molecule is CCNC(=O)CNC(=O)c1cccc(OC)c1O. The number of carbonyl (C=O) groups is 2. The van der Waals surface area contributed by atoms with Gasteiger partial charge in [0.05, 0.1) is 19.2 Å². The molecule has 18 heavy (non-hydrogen) atoms. The Kier molecular flexibility index (Phi) is 4.98. The molecule has 0 atom stereocenters. The van der Waals surface area contributed by atoms with Crippen LogP contribution in [0.2, 0.25) is 0 Å². The van der Waals surface area contributed by atoms with E-state index in [-0.39, 0.29) is 29.5 Å². The van der Waals surface area contributed by atoms with Gasteiger partial charge in [-0.3, -0.25) is 9.59 Å². The first-order chi connectivity index (χ1) is 8.60. The monoisotopic (exact) mass is 252 g/mol. The number of hydrogen-bond acceptors (Lipinski definition) is 4. The Morgan fingerprint density at radius 3 is 2.67 bits per heavy atom. The van der Waals surface area contributed by atoms with E-state index in [0.717, 1.165) is 0 Å². The fourth-order valence-corrected chi connectivity index (χ4v) is 1.39. The maximum Gasteiger partial charge on any atom is 0.255 e. The van der Waals surface area contributed by atoms with Gasteiger partial charge in [0.15, 0.2) is 11.5 Å². The Bertz CT molecular complexity index is 446. The van der Waals surface area contributed by atoms with Gasteiger partial charge in [-0.25, -0.2) is 0 Å². The van der Waals surface area contributed by atoms with Gasteiger partial charge in [-0.1, -0.05) is 6.07 Å². The molecule has 1 aromatic rings. The van der Waals surface area contributed by atoms with Gasteiger partial charge in [0.1, 0.15) is 0 Å². The molecule has 0 aliphatic rings. The topological polar surface area (TPSA) is 87.7 Å². The molecule has 0 bridgehead atoms. The maximum absolute atomic E-state index is 11.7. The highest BCUT2D eigenvalue weighted by atomic mass is 16.5. The van der Waals surface area contributed by atoms with Crippen molar-refractivity contribution >= 4 is 11.8 Å². The first kappa shape index (κ1) is 13.8. The standard InChI is InChI=1S/C12H16N2O4/c1-3-13-10(15)7-14-12(17)8-5-4-6-9(18-2)11(8)16/h4-6,16H,3,7H2,1-2H3,(H,13,15)(H,14,17). The molecule has 1 rings (SSSR count). The molecule has 3 N–H and O–H groups in total. The number of benzene rings is 1. The highest BCUT2D eigenvalue weighted by Gasteiger charge is 2.15. The van der Waals surface area contributed by atoms with E-state index in [1.54, 1.807) is 13.0 Å². The lowest BCUT2D eigenvalue weighted by Crippen LogP contribution is -2.36. The number of ether oxygens (including phenoxy) is 1. The minimum atomic E-state index is -0.530. The van der Waals surface area contributed by atoms with Crippen molar-refractivity contribution in [1.29, 1.82) is 0 Å². The lowest BCUT2D eigenvalue weighted by molar-refractivity contribution is -0.120. The second-order valence-corrected chi connectivity index (χ2v) is 3.49. The molecule has 0 aromatic heterocycles. The molecule has 0 aliphatic heterocycles. The fraction of sp³-hybridized carbons (Fsp3) is 0.333. The Hall–Kier alpha value is -2.24. The number of aromatic hydroxyl groups is 1. The molecule has 0 heterocycles. The van der Waals surface area contributed by atoms with Gasteiger partial charge < -0.3 is 20.5 Å². The third-order valence-corrected chi connectivity index (χ3v) is 2.25. The average Bonchev–Trinajstić information content (AvgIpc) is 2.36. The number of amides is 2. The van der Waals surface area contributed by atoms with Crippen LogP contribution in [0.3, 0.4) is 0 Å². The van der Waals surface area contributed by atoms with Crippen LogP contribution in [0.5, 0.6) is 11.5 Å². The van der Waals surface area contributed by atoms with Crippen molar-refractivity contribution in [3.8, 4) is 11.5 Å². The summed E-state index contributed by atoms with van der Waals surface area (Å²) in [4.78, 5) is 22.9. The van der Waals surface area contributed by atoms with E-state index in [1.165, 1.54) is 19.2 Å². The minimum Gasteiger partial charge on any atom is -0.504 e. The summed E-state index contributed by atoms with van der Waals surface area (Å²) in [6.07, 6.45) is 0. The highest BCUT2D eigenvalue weighted by molar-refractivity contribution is 5.99. The fourth-order valence-electron chi connectivity index (χ4n) is 1.39. The molecular formula is C12H16N2O4. The number of methoxy groups -OCH3 is 1. The summed E-state index contributed by atoms with van der Waals surface area (Å²) in [5, 5.41) is 14.7. The van der Waals surface area contributed by atoms with Gasteiger partial charge in [-0.15, -0.1) is 0 Å². The summed E-state index contributed by atoms with van der Waals surface area (Å²) in [6, 6.07) is 4.57. The molecule has 6 heteroatoms. The molecule has 2 amide bonds. The number of phenols is 1. The normalized spacial score (nSPS) is 9.67. The summed E-state index contributed by atoms with van der Waals surface area (Å²) in [6.45, 7) is 2.15. The Labute approximate surface area is 105 Å². The van der Waals surface area contributed by atoms with Crippen molar-refractivity contribution in [1.82, 2.24) is 10.6 Å². The predicted molar refractivity (Wildman–Crippen MR) is 65.7 cm³/mol. The molecule has 0 radical (unpaired) electrons. The first-order valence-electron chi connectivity index (χ1n) is 5.51. The van der Waals surface area contributed by atoms with Gasteiger partial charge in [-0.2, -0.15) is 0 Å². The van der Waals surface area contributed by atoms with Crippen LogP contribution < -0.4 is 15.4 Å². The van der Waals surface area contributed by atoms with Crippen molar-refractivity contribution in [2.45, 2.75) is 6.92 Å². The molecule has 98 valence electrons. The molecule has 1 aromatic carbocycles. The maximum atomic E-state index is 11.7. The van der Waals surface area contributed by atoms with Crippen LogP contribution in [0, 0.1) is 0 Å². The summed E-state index contributed by atoms with van der Waals surface area (Å²) in [7, 11) is 1.39. The molecule has 0 saturated carbocycles. The van der Waals surface area contributed by atoms with Crippen LogP contribution >= 0.6 is 0 Å². The van der Waals surface area contributed by atoms with Gasteiger partial charge in [0.2, 0.25) is 5.91 Å². The molecule has 0 saturated heterocycles. The molecule has 0 unspecified atom stereocenters. The third kappa shape index (κ3) is 3.38.